The summed E-state index contributed by atoms with van der Waals surface area (Å²) in [6, 6.07) is 19.9. The largest absolute Gasteiger partial charge is 0.355 e. The molecule has 0 bridgehead atoms. The van der Waals surface area contributed by atoms with E-state index >= 15 is 4.39 Å². The normalized spacial score (nSPS) is 14.9. The molecule has 200 valence electrons. The number of allylic oxidation sites excluding steroid dienone is 2. The summed E-state index contributed by atoms with van der Waals surface area (Å²) in [5, 5.41) is 4.40. The Morgan fingerprint density at radius 1 is 0.975 bits per heavy atom. The Kier molecular flexibility index (Phi) is 6.81. The molecule has 0 saturated heterocycles. The Morgan fingerprint density at radius 2 is 1.80 bits per heavy atom. The van der Waals surface area contributed by atoms with E-state index < -0.39 is 0 Å². The van der Waals surface area contributed by atoms with Crippen LogP contribution in [0, 0.1) is 11.6 Å². The van der Waals surface area contributed by atoms with Crippen LogP contribution in [0.1, 0.15) is 42.9 Å². The van der Waals surface area contributed by atoms with E-state index in [0.717, 1.165) is 59.1 Å². The molecule has 1 N–H and O–H groups in total. The van der Waals surface area contributed by atoms with Crippen LogP contribution in [0.25, 0.3) is 10.9 Å². The molecule has 5 heteroatoms. The number of hydrogen-bond acceptors (Lipinski definition) is 3. The second-order valence-electron chi connectivity index (χ2n) is 10.4. The van der Waals surface area contributed by atoms with Crippen LogP contribution in [0.4, 0.5) is 20.2 Å². The number of hydrogen-bond donors (Lipinski definition) is 1. The minimum Gasteiger partial charge on any atom is -0.355 e. The molecule has 40 heavy (non-hydrogen) atoms. The van der Waals surface area contributed by atoms with Crippen molar-refractivity contribution in [2.75, 3.05) is 10.2 Å². The zero-order chi connectivity index (χ0) is 27.8. The van der Waals surface area contributed by atoms with E-state index in [2.05, 4.69) is 48.7 Å². The van der Waals surface area contributed by atoms with Gasteiger partial charge in [0.2, 0.25) is 0 Å². The molecule has 3 aromatic carbocycles. The molecule has 0 unspecified atom stereocenters. The van der Waals surface area contributed by atoms with E-state index in [1.165, 1.54) is 34.9 Å². The zero-order valence-electron chi connectivity index (χ0n) is 22.6. The van der Waals surface area contributed by atoms with Gasteiger partial charge in [0.1, 0.15) is 11.6 Å². The smallest absolute Gasteiger partial charge is 0.128 e. The molecule has 2 heterocycles. The van der Waals surface area contributed by atoms with Crippen molar-refractivity contribution in [2.45, 2.75) is 39.0 Å². The molecular formula is C35H31F2N3. The highest BCUT2D eigenvalue weighted by Crippen LogP contribution is 2.43. The molecule has 1 saturated carbocycles. The van der Waals surface area contributed by atoms with Gasteiger partial charge >= 0.3 is 0 Å². The SMILES string of the molecule is C=C(Nc1ccc(Cc2ccnc3ccc(CC)cc23)c(F)c1)C1=C2CCCC2=CN(c2ccc(F)cc2)C1=C. The van der Waals surface area contributed by atoms with Gasteiger partial charge in [-0.2, -0.15) is 0 Å². The lowest BCUT2D eigenvalue weighted by molar-refractivity contribution is 0.614. The average Bonchev–Trinajstić information content (AvgIpc) is 3.42. The van der Waals surface area contributed by atoms with Crippen molar-refractivity contribution >= 4 is 22.3 Å². The van der Waals surface area contributed by atoms with E-state index in [1.54, 1.807) is 18.3 Å². The minimum atomic E-state index is -0.282. The van der Waals surface area contributed by atoms with Crippen LogP contribution in [0.5, 0.6) is 0 Å². The van der Waals surface area contributed by atoms with Crippen LogP contribution in [0.15, 0.2) is 120 Å². The van der Waals surface area contributed by atoms with Gasteiger partial charge in [-0.1, -0.05) is 32.2 Å². The number of aromatic nitrogens is 1. The Morgan fingerprint density at radius 3 is 2.58 bits per heavy atom. The Labute approximate surface area is 233 Å². The molecule has 3 nitrogen and oxygen atoms in total. The van der Waals surface area contributed by atoms with Gasteiger partial charge in [0.05, 0.1) is 5.52 Å². The van der Waals surface area contributed by atoms with Gasteiger partial charge in [-0.3, -0.25) is 4.98 Å². The summed E-state index contributed by atoms with van der Waals surface area (Å²) in [7, 11) is 0. The van der Waals surface area contributed by atoms with Crippen LogP contribution in [-0.2, 0) is 12.8 Å². The summed E-state index contributed by atoms with van der Waals surface area (Å²) >= 11 is 0. The predicted octanol–water partition coefficient (Wildman–Crippen LogP) is 8.99. The fraction of sp³-hybridized carbons (Fsp3) is 0.171. The molecule has 0 atom stereocenters. The third kappa shape index (κ3) is 4.84. The zero-order valence-corrected chi connectivity index (χ0v) is 22.6. The molecular weight excluding hydrogens is 500 g/mol. The van der Waals surface area contributed by atoms with Gasteiger partial charge in [0.25, 0.3) is 0 Å². The number of fused-ring (bicyclic) bond motifs is 2. The van der Waals surface area contributed by atoms with Gasteiger partial charge in [-0.15, -0.1) is 0 Å². The van der Waals surface area contributed by atoms with Crippen molar-refractivity contribution in [3.05, 3.63) is 149 Å². The fourth-order valence-corrected chi connectivity index (χ4v) is 5.75. The summed E-state index contributed by atoms with van der Waals surface area (Å²) in [5.74, 6) is -0.556. The van der Waals surface area contributed by atoms with Crippen LogP contribution in [0.3, 0.4) is 0 Å². The molecule has 0 amide bonds. The second kappa shape index (κ2) is 10.6. The molecule has 1 fully saturated rings. The van der Waals surface area contributed by atoms with Crippen LogP contribution in [-0.4, -0.2) is 4.98 Å². The predicted molar refractivity (Wildman–Crippen MR) is 160 cm³/mol. The molecule has 0 radical (unpaired) electrons. The standard InChI is InChI=1S/C35H31F2N3/c1-4-24-8-15-34-32(18-24)25(16-17-38-34)19-26-9-12-29(20-33(26)37)39-22(2)35-23(3)40(21-27-6-5-7-31(27)35)30-13-10-28(36)11-14-30/h8-18,20-21,39H,2-7,19H2,1H3. The maximum atomic E-state index is 15.4. The lowest BCUT2D eigenvalue weighted by Crippen LogP contribution is -2.23. The lowest BCUT2D eigenvalue weighted by Gasteiger charge is -2.32. The van der Waals surface area contributed by atoms with Gasteiger partial charge in [0, 0.05) is 52.5 Å². The maximum Gasteiger partial charge on any atom is 0.128 e. The number of rotatable bonds is 7. The van der Waals surface area contributed by atoms with Crippen molar-refractivity contribution in [1.82, 2.24) is 4.98 Å². The highest BCUT2D eigenvalue weighted by atomic mass is 19.1. The van der Waals surface area contributed by atoms with Crippen LogP contribution in [0.2, 0.25) is 0 Å². The number of nitrogens with zero attached hydrogens (tertiary/aromatic N) is 2. The third-order valence-corrected chi connectivity index (χ3v) is 7.87. The first-order chi connectivity index (χ1) is 19.4. The molecule has 0 spiro atoms. The van der Waals surface area contributed by atoms with E-state index in [1.807, 2.05) is 29.2 Å². The van der Waals surface area contributed by atoms with Crippen molar-refractivity contribution in [1.29, 1.82) is 0 Å². The minimum absolute atomic E-state index is 0.274. The first kappa shape index (κ1) is 25.8. The van der Waals surface area contributed by atoms with Crippen molar-refractivity contribution in [3.8, 4) is 0 Å². The first-order valence-corrected chi connectivity index (χ1v) is 13.7. The number of halogens is 2. The van der Waals surface area contributed by atoms with Gasteiger partial charge in [0.15, 0.2) is 0 Å². The van der Waals surface area contributed by atoms with E-state index in [-0.39, 0.29) is 11.6 Å². The quantitative estimate of drug-likeness (QED) is 0.258. The summed E-state index contributed by atoms with van der Waals surface area (Å²) < 4.78 is 29.0. The van der Waals surface area contributed by atoms with Crippen molar-refractivity contribution < 1.29 is 8.78 Å². The van der Waals surface area contributed by atoms with Crippen LogP contribution < -0.4 is 10.2 Å². The summed E-state index contributed by atoms with van der Waals surface area (Å²) in [6.45, 7) is 10.8. The molecule has 6 rings (SSSR count). The Balaban J connectivity index is 1.25. The van der Waals surface area contributed by atoms with Crippen LogP contribution >= 0.6 is 0 Å². The number of aryl methyl sites for hydroxylation is 1. The fourth-order valence-electron chi connectivity index (χ4n) is 5.75. The van der Waals surface area contributed by atoms with E-state index in [4.69, 9.17) is 0 Å². The summed E-state index contributed by atoms with van der Waals surface area (Å²) in [4.78, 5) is 6.47. The van der Waals surface area contributed by atoms with E-state index in [0.29, 0.717) is 23.4 Å². The topological polar surface area (TPSA) is 28.2 Å². The highest BCUT2D eigenvalue weighted by Gasteiger charge is 2.29. The molecule has 2 aliphatic rings. The lowest BCUT2D eigenvalue weighted by atomic mass is 9.94. The number of nitrogens with one attached hydrogen (secondary N) is 1. The van der Waals surface area contributed by atoms with E-state index in [9.17, 15) is 4.39 Å². The number of pyridine rings is 1. The summed E-state index contributed by atoms with van der Waals surface area (Å²) in [5.41, 5.74) is 10.1. The molecule has 1 aliphatic heterocycles. The van der Waals surface area contributed by atoms with Gasteiger partial charge < -0.3 is 10.2 Å². The first-order valence-electron chi connectivity index (χ1n) is 13.7. The number of benzene rings is 3. The molecule has 1 aromatic heterocycles. The second-order valence-corrected chi connectivity index (χ2v) is 10.4. The summed E-state index contributed by atoms with van der Waals surface area (Å²) in [6.07, 6.45) is 8.24. The number of anilines is 2. The molecule has 4 aromatic rings. The monoisotopic (exact) mass is 531 g/mol. The third-order valence-electron chi connectivity index (χ3n) is 7.87. The highest BCUT2D eigenvalue weighted by molar-refractivity contribution is 5.83. The van der Waals surface area contributed by atoms with Crippen molar-refractivity contribution in [2.24, 2.45) is 0 Å². The van der Waals surface area contributed by atoms with Crippen molar-refractivity contribution in [3.63, 3.8) is 0 Å². The molecule has 1 aliphatic carbocycles. The Hall–Kier alpha value is -4.51. The maximum absolute atomic E-state index is 15.4. The average molecular weight is 532 g/mol. The Bertz CT molecular complexity index is 1710. The van der Waals surface area contributed by atoms with Gasteiger partial charge in [-0.25, -0.2) is 8.78 Å². The van der Waals surface area contributed by atoms with Gasteiger partial charge in [-0.05, 0) is 108 Å².